The molecule has 316 valence electrons. The van der Waals surface area contributed by atoms with Gasteiger partial charge < -0.3 is 59.1 Å². The summed E-state index contributed by atoms with van der Waals surface area (Å²) in [7, 11) is -3.75. The van der Waals surface area contributed by atoms with Gasteiger partial charge in [0.1, 0.15) is 19.8 Å². The van der Waals surface area contributed by atoms with Crippen LogP contribution in [0.15, 0.2) is 0 Å². The lowest BCUT2D eigenvalue weighted by Gasteiger charge is -2.40. The smallest absolute Gasteiger partial charge is 0.328 e. The fraction of sp³-hybridized carbons (Fsp3) is 0.737. The second kappa shape index (κ2) is 31.5. The molecule has 1 fully saturated rings. The van der Waals surface area contributed by atoms with E-state index in [9.17, 15) is 28.6 Å². The minimum Gasteiger partial charge on any atom is -0.377 e. The maximum Gasteiger partial charge on any atom is 0.328 e. The predicted octanol–water partition coefficient (Wildman–Crippen LogP) is 0.530. The van der Waals surface area contributed by atoms with E-state index in [0.29, 0.717) is 39.6 Å². The molecule has 0 aromatic carbocycles. The number of hydrogen-bond donors (Lipinski definition) is 5. The van der Waals surface area contributed by atoms with Crippen molar-refractivity contribution in [2.45, 2.75) is 69.9 Å². The van der Waals surface area contributed by atoms with E-state index >= 15 is 0 Å². The molecule has 18 heteroatoms. The molecule has 1 unspecified atom stereocenters. The second-order valence-corrected chi connectivity index (χ2v) is 14.9. The Labute approximate surface area is 331 Å². The number of nitrogens with one attached hydrogen (secondary N) is 4. The number of hydrogen-bond acceptors (Lipinski definition) is 12. The molecule has 1 aliphatic carbocycles. The highest BCUT2D eigenvalue weighted by molar-refractivity contribution is 7.52. The molecule has 0 spiro atoms. The maximum atomic E-state index is 13.7. The van der Waals surface area contributed by atoms with E-state index in [2.05, 4.69) is 39.0 Å². The Bertz CT molecular complexity index is 1210. The lowest BCUT2D eigenvalue weighted by atomic mass is 9.78. The van der Waals surface area contributed by atoms with E-state index < -0.39 is 25.2 Å². The lowest BCUT2D eigenvalue weighted by molar-refractivity contribution is -0.134. The summed E-state index contributed by atoms with van der Waals surface area (Å²) in [6, 6.07) is 0. The normalized spacial score (nSPS) is 15.9. The van der Waals surface area contributed by atoms with Crippen LogP contribution in [0.2, 0.25) is 0 Å². The van der Waals surface area contributed by atoms with E-state index in [1.165, 1.54) is 0 Å². The molecule has 0 aliphatic heterocycles. The summed E-state index contributed by atoms with van der Waals surface area (Å²) in [5, 5.41) is 11.4. The van der Waals surface area contributed by atoms with Gasteiger partial charge in [-0.05, 0) is 32.1 Å². The molecule has 0 aromatic heterocycles. The molecular formula is C38H61N4O13P. The zero-order chi connectivity index (χ0) is 41.3. The van der Waals surface area contributed by atoms with Crippen molar-refractivity contribution >= 4 is 31.2 Å². The summed E-state index contributed by atoms with van der Waals surface area (Å²) in [5.41, 5.74) is -1.15. The average molecular weight is 813 g/mol. The highest BCUT2D eigenvalue weighted by Gasteiger charge is 2.42. The summed E-state index contributed by atoms with van der Waals surface area (Å²) in [4.78, 5) is 62.5. The molecule has 0 aromatic rings. The summed E-state index contributed by atoms with van der Waals surface area (Å²) >= 11 is 0. The van der Waals surface area contributed by atoms with Gasteiger partial charge in [-0.2, -0.15) is 0 Å². The van der Waals surface area contributed by atoms with Crippen molar-refractivity contribution in [3.05, 3.63) is 0 Å². The van der Waals surface area contributed by atoms with Gasteiger partial charge in [0.2, 0.25) is 23.6 Å². The number of rotatable bonds is 35. The van der Waals surface area contributed by atoms with Crippen LogP contribution in [0.1, 0.15) is 58.3 Å². The van der Waals surface area contributed by atoms with Gasteiger partial charge >= 0.3 is 7.60 Å². The van der Waals surface area contributed by atoms with Crippen molar-refractivity contribution in [1.29, 1.82) is 0 Å². The van der Waals surface area contributed by atoms with Crippen LogP contribution in [0.4, 0.5) is 0 Å². The minimum absolute atomic E-state index is 0.0272. The Morgan fingerprint density at radius 1 is 0.643 bits per heavy atom. The quantitative estimate of drug-likeness (QED) is 0.0336. The van der Waals surface area contributed by atoms with Crippen molar-refractivity contribution in [3.63, 3.8) is 0 Å². The highest BCUT2D eigenvalue weighted by Crippen LogP contribution is 2.47. The number of carbonyl (C=O) groups is 4. The number of carbonyl (C=O) groups excluding carboxylic acids is 4. The molecule has 56 heavy (non-hydrogen) atoms. The third-order valence-electron chi connectivity index (χ3n) is 8.44. The Morgan fingerprint density at radius 3 is 1.34 bits per heavy atom. The van der Waals surface area contributed by atoms with E-state index in [1.54, 1.807) is 6.92 Å². The molecule has 17 nitrogen and oxygen atoms in total. The van der Waals surface area contributed by atoms with Gasteiger partial charge in [0.25, 0.3) is 0 Å². The SMILES string of the molecule is C#CCOCCOCCNC(=O)CCC(CCC(=O)NCCOCCOCC#C)(CCC(=O)NCCOCCOCC#C)NC(=O)[C@H]1C[C@H](OP(=O)(O)CC)C1. The van der Waals surface area contributed by atoms with Crippen molar-refractivity contribution in [2.75, 3.05) is 105 Å². The number of amides is 4. The Kier molecular flexibility index (Phi) is 28.4. The molecule has 1 atom stereocenters. The van der Waals surface area contributed by atoms with Gasteiger partial charge in [-0.15, -0.1) is 19.3 Å². The van der Waals surface area contributed by atoms with Crippen LogP contribution in [0.5, 0.6) is 0 Å². The topological polar surface area (TPSA) is 218 Å². The van der Waals surface area contributed by atoms with Crippen LogP contribution in [-0.4, -0.2) is 145 Å². The molecule has 1 rings (SSSR count). The van der Waals surface area contributed by atoms with Gasteiger partial charge in [-0.1, -0.05) is 24.7 Å². The lowest BCUT2D eigenvalue weighted by Crippen LogP contribution is -2.54. The standard InChI is InChI=1S/C38H61N4O13P/c1-5-18-49-24-27-52-21-15-39-34(43)9-12-38(13-10-35(44)40-16-22-53-28-25-50-19-6-2,14-11-36(45)41-17-23-54-29-26-51-20-7-3)42-37(46)32-30-33(31-32)55-56(47,48)8-4/h1-3,32-33H,8-31H2,4H3,(H,39,43)(H,40,44)(H,41,45)(H,42,46)(H,47,48)/t32-,33-. The number of terminal acetylenes is 3. The average Bonchev–Trinajstić information content (AvgIpc) is 3.16. The summed E-state index contributed by atoms with van der Waals surface area (Å²) in [6.07, 6.45) is 15.5. The Morgan fingerprint density at radius 2 is 1.00 bits per heavy atom. The molecule has 1 aliphatic rings. The first-order valence-electron chi connectivity index (χ1n) is 18.9. The third kappa shape index (κ3) is 25.6. The molecule has 4 amide bonds. The fourth-order valence-corrected chi connectivity index (χ4v) is 6.05. The Hall–Kier alpha value is -3.53. The molecular weight excluding hydrogens is 751 g/mol. The first-order chi connectivity index (χ1) is 27.0. The van der Waals surface area contributed by atoms with Crippen molar-refractivity contribution in [2.24, 2.45) is 5.92 Å². The fourth-order valence-electron chi connectivity index (χ4n) is 5.26. The molecule has 0 bridgehead atoms. The van der Waals surface area contributed by atoms with Crippen LogP contribution in [0.25, 0.3) is 0 Å². The van der Waals surface area contributed by atoms with E-state index in [1.807, 2.05) is 0 Å². The summed E-state index contributed by atoms with van der Waals surface area (Å²) in [6.45, 7) is 5.33. The molecule has 0 saturated heterocycles. The van der Waals surface area contributed by atoms with Crippen LogP contribution < -0.4 is 21.3 Å². The molecule has 0 radical (unpaired) electrons. The zero-order valence-corrected chi connectivity index (χ0v) is 33.5. The largest absolute Gasteiger partial charge is 0.377 e. The van der Waals surface area contributed by atoms with Crippen molar-refractivity contribution < 1.29 is 61.6 Å². The zero-order valence-electron chi connectivity index (χ0n) is 32.7. The van der Waals surface area contributed by atoms with Crippen LogP contribution in [0, 0.1) is 42.9 Å². The monoisotopic (exact) mass is 812 g/mol. The van der Waals surface area contributed by atoms with Gasteiger partial charge in [-0.3, -0.25) is 23.7 Å². The van der Waals surface area contributed by atoms with E-state index in [-0.39, 0.29) is 140 Å². The first-order valence-corrected chi connectivity index (χ1v) is 20.6. The molecule has 5 N–H and O–H groups in total. The second-order valence-electron chi connectivity index (χ2n) is 12.8. The summed E-state index contributed by atoms with van der Waals surface area (Å²) < 4.78 is 49.2. The highest BCUT2D eigenvalue weighted by atomic mass is 31.2. The van der Waals surface area contributed by atoms with Crippen molar-refractivity contribution in [1.82, 2.24) is 21.3 Å². The third-order valence-corrected chi connectivity index (χ3v) is 9.86. The van der Waals surface area contributed by atoms with Gasteiger partial charge in [0.05, 0.1) is 65.6 Å². The molecule has 1 saturated carbocycles. The van der Waals surface area contributed by atoms with Crippen LogP contribution >= 0.6 is 7.60 Å². The van der Waals surface area contributed by atoms with E-state index in [0.717, 1.165) is 0 Å². The van der Waals surface area contributed by atoms with E-state index in [4.69, 9.17) is 52.2 Å². The predicted molar refractivity (Wildman–Crippen MR) is 207 cm³/mol. The van der Waals surface area contributed by atoms with Gasteiger partial charge in [0, 0.05) is 56.5 Å². The summed E-state index contributed by atoms with van der Waals surface area (Å²) in [5.74, 6) is 5.25. The Balaban J connectivity index is 2.97. The van der Waals surface area contributed by atoms with Crippen LogP contribution in [0.3, 0.4) is 0 Å². The van der Waals surface area contributed by atoms with Gasteiger partial charge in [0.15, 0.2) is 0 Å². The number of ether oxygens (including phenoxy) is 6. The first kappa shape index (κ1) is 50.5. The maximum absolute atomic E-state index is 13.7. The van der Waals surface area contributed by atoms with Gasteiger partial charge in [-0.25, -0.2) is 0 Å². The van der Waals surface area contributed by atoms with Crippen molar-refractivity contribution in [3.8, 4) is 37.0 Å². The minimum atomic E-state index is -3.75. The molecule has 0 heterocycles. The van der Waals surface area contributed by atoms with Crippen LogP contribution in [-0.2, 0) is 56.7 Å².